The number of pyridine rings is 1. The quantitative estimate of drug-likeness (QED) is 0.392. The fourth-order valence-electron chi connectivity index (χ4n) is 2.76. The maximum Gasteiger partial charge on any atom is 0.248 e. The standard InChI is InChI=1S/C20H15BrClN5O2/c1-28-15-6-4-11(22)9-14(15)27-19-17(23)20(26-10-25-19)29-16-7-5-13(21)12-3-2-8-24-18(12)16/h2-10H,23H2,1H3,(H,25,26,27). The second-order valence-corrected chi connectivity index (χ2v) is 7.25. The molecule has 0 saturated heterocycles. The fraction of sp³-hybridized carbons (Fsp3) is 0.0500. The van der Waals surface area contributed by atoms with Crippen molar-refractivity contribution in [3.8, 4) is 17.4 Å². The van der Waals surface area contributed by atoms with Gasteiger partial charge in [-0.3, -0.25) is 4.98 Å². The molecule has 0 radical (unpaired) electrons. The highest BCUT2D eigenvalue weighted by Crippen LogP contribution is 2.37. The molecule has 0 bridgehead atoms. The van der Waals surface area contributed by atoms with Crippen LogP contribution in [0.4, 0.5) is 17.2 Å². The Kier molecular flexibility index (Phi) is 5.37. The van der Waals surface area contributed by atoms with Crippen LogP contribution >= 0.6 is 27.5 Å². The van der Waals surface area contributed by atoms with Gasteiger partial charge in [0, 0.05) is 21.1 Å². The predicted octanol–water partition coefficient (Wildman–Crippen LogP) is 5.57. The normalized spacial score (nSPS) is 10.7. The SMILES string of the molecule is COc1ccc(Cl)cc1Nc1ncnc(Oc2ccc(Br)c3cccnc23)c1N. The van der Waals surface area contributed by atoms with E-state index in [0.29, 0.717) is 33.5 Å². The number of nitrogens with one attached hydrogen (secondary N) is 1. The van der Waals surface area contributed by atoms with Crippen LogP contribution < -0.4 is 20.5 Å². The molecule has 0 aliphatic rings. The first-order valence-electron chi connectivity index (χ1n) is 8.49. The molecule has 29 heavy (non-hydrogen) atoms. The van der Waals surface area contributed by atoms with Crippen LogP contribution in [-0.4, -0.2) is 22.1 Å². The second-order valence-electron chi connectivity index (χ2n) is 5.96. The summed E-state index contributed by atoms with van der Waals surface area (Å²) in [5, 5.41) is 4.58. The number of anilines is 3. The highest BCUT2D eigenvalue weighted by molar-refractivity contribution is 9.10. The Morgan fingerprint density at radius 2 is 1.90 bits per heavy atom. The molecule has 2 aromatic carbocycles. The second kappa shape index (κ2) is 8.10. The summed E-state index contributed by atoms with van der Waals surface area (Å²) in [6, 6.07) is 12.7. The lowest BCUT2D eigenvalue weighted by Crippen LogP contribution is -2.04. The van der Waals surface area contributed by atoms with E-state index in [2.05, 4.69) is 36.2 Å². The van der Waals surface area contributed by atoms with E-state index < -0.39 is 0 Å². The summed E-state index contributed by atoms with van der Waals surface area (Å²) >= 11 is 9.61. The molecule has 0 fully saturated rings. The van der Waals surface area contributed by atoms with Crippen molar-refractivity contribution in [1.29, 1.82) is 0 Å². The molecule has 0 aliphatic heterocycles. The van der Waals surface area contributed by atoms with Gasteiger partial charge in [-0.1, -0.05) is 33.6 Å². The third-order valence-electron chi connectivity index (χ3n) is 4.15. The van der Waals surface area contributed by atoms with E-state index in [1.807, 2.05) is 18.2 Å². The van der Waals surface area contributed by atoms with Crippen molar-refractivity contribution in [1.82, 2.24) is 15.0 Å². The molecule has 7 nitrogen and oxygen atoms in total. The first-order valence-corrected chi connectivity index (χ1v) is 9.66. The number of aromatic nitrogens is 3. The van der Waals surface area contributed by atoms with E-state index in [1.54, 1.807) is 37.6 Å². The summed E-state index contributed by atoms with van der Waals surface area (Å²) in [5.41, 5.74) is 7.81. The van der Waals surface area contributed by atoms with Gasteiger partial charge in [0.15, 0.2) is 11.6 Å². The maximum absolute atomic E-state index is 6.27. The Morgan fingerprint density at radius 1 is 1.07 bits per heavy atom. The maximum atomic E-state index is 6.27. The minimum atomic E-state index is 0.206. The smallest absolute Gasteiger partial charge is 0.248 e. The molecule has 4 aromatic rings. The summed E-state index contributed by atoms with van der Waals surface area (Å²) in [5.74, 6) is 1.70. The van der Waals surface area contributed by atoms with Gasteiger partial charge >= 0.3 is 0 Å². The largest absolute Gasteiger partial charge is 0.495 e. The Balaban J connectivity index is 1.70. The van der Waals surface area contributed by atoms with Crippen molar-refractivity contribution in [2.75, 3.05) is 18.2 Å². The zero-order valence-electron chi connectivity index (χ0n) is 15.2. The van der Waals surface area contributed by atoms with Gasteiger partial charge < -0.3 is 20.5 Å². The van der Waals surface area contributed by atoms with Crippen molar-refractivity contribution in [3.63, 3.8) is 0 Å². The molecule has 0 aliphatic carbocycles. The molecule has 4 rings (SSSR count). The van der Waals surface area contributed by atoms with Crippen LogP contribution in [0.1, 0.15) is 0 Å². The van der Waals surface area contributed by atoms with Gasteiger partial charge in [-0.2, -0.15) is 4.98 Å². The van der Waals surface area contributed by atoms with Crippen molar-refractivity contribution in [3.05, 3.63) is 64.5 Å². The van der Waals surface area contributed by atoms with Crippen LogP contribution in [0, 0.1) is 0 Å². The molecular formula is C20H15BrClN5O2. The highest BCUT2D eigenvalue weighted by atomic mass is 79.9. The van der Waals surface area contributed by atoms with Gasteiger partial charge in [-0.15, -0.1) is 0 Å². The Morgan fingerprint density at radius 3 is 2.72 bits per heavy atom. The summed E-state index contributed by atoms with van der Waals surface area (Å²) in [4.78, 5) is 12.8. The number of nitrogens with zero attached hydrogens (tertiary/aromatic N) is 3. The number of methoxy groups -OCH3 is 1. The molecule has 0 saturated carbocycles. The Bertz CT molecular complexity index is 1200. The third kappa shape index (κ3) is 3.90. The van der Waals surface area contributed by atoms with Crippen LogP contribution in [0.5, 0.6) is 17.4 Å². The number of benzene rings is 2. The van der Waals surface area contributed by atoms with Crippen LogP contribution in [0.15, 0.2) is 59.5 Å². The number of ether oxygens (including phenoxy) is 2. The summed E-state index contributed by atoms with van der Waals surface area (Å²) in [6.07, 6.45) is 3.06. The fourth-order valence-corrected chi connectivity index (χ4v) is 3.39. The van der Waals surface area contributed by atoms with Gasteiger partial charge in [0.2, 0.25) is 5.88 Å². The number of fused-ring (bicyclic) bond motifs is 1. The molecular weight excluding hydrogens is 458 g/mol. The number of halogens is 2. The van der Waals surface area contributed by atoms with Crippen LogP contribution in [0.2, 0.25) is 5.02 Å². The van der Waals surface area contributed by atoms with E-state index in [1.165, 1.54) is 6.33 Å². The molecule has 3 N–H and O–H groups in total. The van der Waals surface area contributed by atoms with Crippen molar-refractivity contribution in [2.24, 2.45) is 0 Å². The van der Waals surface area contributed by atoms with Gasteiger partial charge in [0.05, 0.1) is 12.8 Å². The lowest BCUT2D eigenvalue weighted by Gasteiger charge is -2.14. The molecule has 0 unspecified atom stereocenters. The van der Waals surface area contributed by atoms with Gasteiger partial charge in [-0.05, 0) is 36.4 Å². The molecule has 146 valence electrons. The lowest BCUT2D eigenvalue weighted by molar-refractivity contribution is 0.417. The Labute approximate surface area is 180 Å². The average Bonchev–Trinajstić information content (AvgIpc) is 2.73. The number of hydrogen-bond donors (Lipinski definition) is 2. The van der Waals surface area contributed by atoms with Crippen LogP contribution in [0.25, 0.3) is 10.9 Å². The van der Waals surface area contributed by atoms with Crippen molar-refractivity contribution in [2.45, 2.75) is 0 Å². The number of nitrogens with two attached hydrogens (primary N) is 1. The van der Waals surface area contributed by atoms with E-state index >= 15 is 0 Å². The van der Waals surface area contributed by atoms with Crippen molar-refractivity contribution < 1.29 is 9.47 Å². The number of rotatable bonds is 5. The monoisotopic (exact) mass is 471 g/mol. The van der Waals surface area contributed by atoms with Gasteiger partial charge in [0.1, 0.15) is 23.3 Å². The summed E-state index contributed by atoms with van der Waals surface area (Å²) in [7, 11) is 1.57. The zero-order chi connectivity index (χ0) is 20.4. The minimum absolute atomic E-state index is 0.206. The number of hydrogen-bond acceptors (Lipinski definition) is 7. The molecule has 2 heterocycles. The Hall–Kier alpha value is -3.10. The topological polar surface area (TPSA) is 95.2 Å². The third-order valence-corrected chi connectivity index (χ3v) is 5.07. The van der Waals surface area contributed by atoms with E-state index in [0.717, 1.165) is 9.86 Å². The van der Waals surface area contributed by atoms with Gasteiger partial charge in [0.25, 0.3) is 0 Å². The van der Waals surface area contributed by atoms with Gasteiger partial charge in [-0.25, -0.2) is 4.98 Å². The highest BCUT2D eigenvalue weighted by Gasteiger charge is 2.15. The minimum Gasteiger partial charge on any atom is -0.495 e. The van der Waals surface area contributed by atoms with Crippen LogP contribution in [0.3, 0.4) is 0 Å². The lowest BCUT2D eigenvalue weighted by atomic mass is 10.2. The molecule has 9 heteroatoms. The zero-order valence-corrected chi connectivity index (χ0v) is 17.5. The van der Waals surface area contributed by atoms with Crippen molar-refractivity contribution >= 4 is 55.6 Å². The first kappa shape index (κ1) is 19.2. The number of nitrogen functional groups attached to an aromatic ring is 1. The van der Waals surface area contributed by atoms with E-state index in [9.17, 15) is 0 Å². The molecule has 0 spiro atoms. The summed E-state index contributed by atoms with van der Waals surface area (Å²) < 4.78 is 12.2. The summed E-state index contributed by atoms with van der Waals surface area (Å²) in [6.45, 7) is 0. The predicted molar refractivity (Wildman–Crippen MR) is 117 cm³/mol. The average molecular weight is 473 g/mol. The van der Waals surface area contributed by atoms with E-state index in [-0.39, 0.29) is 11.6 Å². The molecule has 2 aromatic heterocycles. The van der Waals surface area contributed by atoms with E-state index in [4.69, 9.17) is 26.8 Å². The van der Waals surface area contributed by atoms with Crippen LogP contribution in [-0.2, 0) is 0 Å². The molecule has 0 amide bonds. The molecule has 0 atom stereocenters. The first-order chi connectivity index (χ1) is 14.1.